The maximum absolute atomic E-state index is 12.5. The molecule has 1 heterocycles. The van der Waals surface area contributed by atoms with Crippen LogP contribution in [0.5, 0.6) is 0 Å². The fraction of sp³-hybridized carbons (Fsp3) is 0.143. The molecular formula is C21H20ClN3O. The lowest BCUT2D eigenvalue weighted by atomic mass is 10.1. The summed E-state index contributed by atoms with van der Waals surface area (Å²) in [5, 5.41) is 6.94. The van der Waals surface area contributed by atoms with Gasteiger partial charge in [-0.05, 0) is 54.8 Å². The predicted molar refractivity (Wildman–Crippen MR) is 107 cm³/mol. The Kier molecular flexibility index (Phi) is 5.54. The van der Waals surface area contributed by atoms with E-state index in [9.17, 15) is 4.79 Å². The smallest absolute Gasteiger partial charge is 0.257 e. The number of rotatable bonds is 5. The number of amides is 1. The second-order valence-electron chi connectivity index (χ2n) is 6.21. The van der Waals surface area contributed by atoms with E-state index >= 15 is 0 Å². The van der Waals surface area contributed by atoms with Crippen molar-refractivity contribution in [3.63, 3.8) is 0 Å². The number of hydrogen-bond donors (Lipinski definition) is 2. The minimum Gasteiger partial charge on any atom is -0.380 e. The van der Waals surface area contributed by atoms with Gasteiger partial charge in [0.05, 0.1) is 11.3 Å². The summed E-state index contributed by atoms with van der Waals surface area (Å²) in [6.07, 6.45) is 3.26. The summed E-state index contributed by atoms with van der Waals surface area (Å²) in [5.74, 6) is -0.179. The Hall–Kier alpha value is -2.85. The monoisotopic (exact) mass is 365 g/mol. The molecule has 26 heavy (non-hydrogen) atoms. The van der Waals surface area contributed by atoms with Crippen LogP contribution in [0.4, 0.5) is 11.4 Å². The molecule has 0 aliphatic rings. The van der Waals surface area contributed by atoms with Gasteiger partial charge in [-0.3, -0.25) is 9.78 Å². The van der Waals surface area contributed by atoms with Crippen LogP contribution in [0.2, 0.25) is 5.02 Å². The number of benzene rings is 2. The molecular weight excluding hydrogens is 346 g/mol. The van der Waals surface area contributed by atoms with Gasteiger partial charge < -0.3 is 10.6 Å². The molecule has 0 unspecified atom stereocenters. The summed E-state index contributed by atoms with van der Waals surface area (Å²) < 4.78 is 0. The van der Waals surface area contributed by atoms with Gasteiger partial charge in [-0.25, -0.2) is 0 Å². The first-order valence-electron chi connectivity index (χ1n) is 8.33. The van der Waals surface area contributed by atoms with Crippen LogP contribution in [0.25, 0.3) is 0 Å². The van der Waals surface area contributed by atoms with Crippen LogP contribution in [0.1, 0.15) is 27.0 Å². The van der Waals surface area contributed by atoms with Gasteiger partial charge in [-0.1, -0.05) is 35.9 Å². The van der Waals surface area contributed by atoms with Crippen LogP contribution in [0.3, 0.4) is 0 Å². The Balaban J connectivity index is 1.69. The molecule has 1 aromatic heterocycles. The van der Waals surface area contributed by atoms with E-state index < -0.39 is 0 Å². The highest BCUT2D eigenvalue weighted by Crippen LogP contribution is 2.18. The number of carbonyl (C=O) groups excluding carboxylic acids is 1. The van der Waals surface area contributed by atoms with E-state index in [1.165, 1.54) is 0 Å². The fourth-order valence-electron chi connectivity index (χ4n) is 2.53. The molecule has 3 aromatic rings. The molecule has 0 aliphatic heterocycles. The molecule has 0 atom stereocenters. The first kappa shape index (κ1) is 18.0. The molecule has 0 spiro atoms. The van der Waals surface area contributed by atoms with E-state index in [0.29, 0.717) is 17.1 Å². The number of aromatic nitrogens is 1. The van der Waals surface area contributed by atoms with Crippen molar-refractivity contribution in [1.29, 1.82) is 0 Å². The third-order valence-corrected chi connectivity index (χ3v) is 4.30. The maximum atomic E-state index is 12.5. The SMILES string of the molecule is Cc1ccc(C)c(NC(=O)c2cncc(NCc3ccc(Cl)cc3)c2)c1. The van der Waals surface area contributed by atoms with E-state index in [1.807, 2.05) is 56.3 Å². The second-order valence-corrected chi connectivity index (χ2v) is 6.65. The van der Waals surface area contributed by atoms with E-state index in [2.05, 4.69) is 15.6 Å². The topological polar surface area (TPSA) is 54.0 Å². The quantitative estimate of drug-likeness (QED) is 0.652. The number of pyridine rings is 1. The molecule has 0 fully saturated rings. The zero-order valence-electron chi connectivity index (χ0n) is 14.7. The minimum absolute atomic E-state index is 0.179. The number of nitrogens with zero attached hydrogens (tertiary/aromatic N) is 1. The van der Waals surface area contributed by atoms with Gasteiger partial charge in [0, 0.05) is 29.6 Å². The summed E-state index contributed by atoms with van der Waals surface area (Å²) in [5.41, 5.74) is 5.33. The number of anilines is 2. The number of halogens is 1. The summed E-state index contributed by atoms with van der Waals surface area (Å²) in [6, 6.07) is 15.4. The average Bonchev–Trinajstić information content (AvgIpc) is 2.64. The third-order valence-electron chi connectivity index (χ3n) is 4.05. The molecule has 0 radical (unpaired) electrons. The van der Waals surface area contributed by atoms with E-state index in [-0.39, 0.29) is 5.91 Å². The Morgan fingerprint density at radius 1 is 1.04 bits per heavy atom. The maximum Gasteiger partial charge on any atom is 0.257 e. The molecule has 3 rings (SSSR count). The highest BCUT2D eigenvalue weighted by atomic mass is 35.5. The van der Waals surface area contributed by atoms with Crippen molar-refractivity contribution in [2.45, 2.75) is 20.4 Å². The van der Waals surface area contributed by atoms with Gasteiger partial charge >= 0.3 is 0 Å². The van der Waals surface area contributed by atoms with Gasteiger partial charge in [0.2, 0.25) is 0 Å². The lowest BCUT2D eigenvalue weighted by Crippen LogP contribution is -2.13. The van der Waals surface area contributed by atoms with Crippen molar-refractivity contribution in [3.05, 3.63) is 88.2 Å². The standard InChI is InChI=1S/C21H20ClN3O/c1-14-3-4-15(2)20(9-14)25-21(26)17-10-19(13-23-12-17)24-11-16-5-7-18(22)8-6-16/h3-10,12-13,24H,11H2,1-2H3,(H,25,26). The van der Waals surface area contributed by atoms with Gasteiger partial charge in [-0.15, -0.1) is 0 Å². The van der Waals surface area contributed by atoms with Crippen molar-refractivity contribution in [2.24, 2.45) is 0 Å². The van der Waals surface area contributed by atoms with E-state index in [1.54, 1.807) is 18.5 Å². The van der Waals surface area contributed by atoms with Crippen molar-refractivity contribution in [3.8, 4) is 0 Å². The van der Waals surface area contributed by atoms with E-state index in [0.717, 1.165) is 28.1 Å². The van der Waals surface area contributed by atoms with Crippen LogP contribution in [0.15, 0.2) is 60.9 Å². The highest BCUT2D eigenvalue weighted by molar-refractivity contribution is 6.30. The number of hydrogen-bond acceptors (Lipinski definition) is 3. The zero-order chi connectivity index (χ0) is 18.5. The zero-order valence-corrected chi connectivity index (χ0v) is 15.5. The molecule has 2 aromatic carbocycles. The van der Waals surface area contributed by atoms with Crippen LogP contribution < -0.4 is 10.6 Å². The Bertz CT molecular complexity index is 923. The Morgan fingerprint density at radius 2 is 1.81 bits per heavy atom. The average molecular weight is 366 g/mol. The molecule has 2 N–H and O–H groups in total. The number of carbonyl (C=O) groups is 1. The van der Waals surface area contributed by atoms with Gasteiger partial charge in [0.15, 0.2) is 0 Å². The van der Waals surface area contributed by atoms with E-state index in [4.69, 9.17) is 11.6 Å². The number of aryl methyl sites for hydroxylation is 2. The highest BCUT2D eigenvalue weighted by Gasteiger charge is 2.09. The molecule has 0 bridgehead atoms. The summed E-state index contributed by atoms with van der Waals surface area (Å²) in [4.78, 5) is 16.7. The van der Waals surface area contributed by atoms with Crippen LogP contribution in [-0.4, -0.2) is 10.9 Å². The summed E-state index contributed by atoms with van der Waals surface area (Å²) >= 11 is 5.90. The second kappa shape index (κ2) is 8.02. The van der Waals surface area contributed by atoms with Gasteiger partial charge in [-0.2, -0.15) is 0 Å². The molecule has 132 valence electrons. The lowest BCUT2D eigenvalue weighted by Gasteiger charge is -2.11. The molecule has 0 aliphatic carbocycles. The van der Waals surface area contributed by atoms with Crippen molar-refractivity contribution < 1.29 is 4.79 Å². The molecule has 4 nitrogen and oxygen atoms in total. The molecule has 5 heteroatoms. The van der Waals surface area contributed by atoms with Crippen molar-refractivity contribution in [1.82, 2.24) is 4.98 Å². The summed E-state index contributed by atoms with van der Waals surface area (Å²) in [7, 11) is 0. The van der Waals surface area contributed by atoms with Crippen LogP contribution in [0, 0.1) is 13.8 Å². The first-order valence-corrected chi connectivity index (χ1v) is 8.71. The van der Waals surface area contributed by atoms with Gasteiger partial charge in [0.1, 0.15) is 0 Å². The fourth-order valence-corrected chi connectivity index (χ4v) is 2.66. The van der Waals surface area contributed by atoms with Gasteiger partial charge in [0.25, 0.3) is 5.91 Å². The normalized spacial score (nSPS) is 10.4. The minimum atomic E-state index is -0.179. The molecule has 0 saturated carbocycles. The van der Waals surface area contributed by atoms with Crippen molar-refractivity contribution in [2.75, 3.05) is 10.6 Å². The van der Waals surface area contributed by atoms with Crippen molar-refractivity contribution >= 4 is 28.9 Å². The predicted octanol–water partition coefficient (Wildman–Crippen LogP) is 5.22. The van der Waals surface area contributed by atoms with Crippen LogP contribution >= 0.6 is 11.6 Å². The third kappa shape index (κ3) is 4.61. The Labute approximate surface area is 158 Å². The molecule has 0 saturated heterocycles. The Morgan fingerprint density at radius 3 is 2.58 bits per heavy atom. The molecule has 1 amide bonds. The lowest BCUT2D eigenvalue weighted by molar-refractivity contribution is 0.102. The largest absolute Gasteiger partial charge is 0.380 e. The first-order chi connectivity index (χ1) is 12.5. The summed E-state index contributed by atoms with van der Waals surface area (Å²) in [6.45, 7) is 4.59. The number of nitrogens with one attached hydrogen (secondary N) is 2. The van der Waals surface area contributed by atoms with Crippen LogP contribution in [-0.2, 0) is 6.54 Å².